The molecule has 0 radical (unpaired) electrons. The normalized spacial score (nSPS) is 12.7. The highest BCUT2D eigenvalue weighted by molar-refractivity contribution is 5.71. The van der Waals surface area contributed by atoms with Gasteiger partial charge in [-0.1, -0.05) is 323 Å². The Morgan fingerprint density at radius 3 is 0.768 bits per heavy atom. The van der Waals surface area contributed by atoms with Crippen LogP contribution in [-0.2, 0) is 28.6 Å². The van der Waals surface area contributed by atoms with Crippen LogP contribution >= 0.6 is 0 Å². The molecule has 0 fully saturated rings. The van der Waals surface area contributed by atoms with Gasteiger partial charge in [-0.25, -0.2) is 0 Å². The van der Waals surface area contributed by atoms with Gasteiger partial charge in [-0.2, -0.15) is 0 Å². The first-order valence-corrected chi connectivity index (χ1v) is 35.2. The third-order valence-corrected chi connectivity index (χ3v) is 15.3. The van der Waals surface area contributed by atoms with Crippen molar-refractivity contribution < 1.29 is 28.6 Å². The highest BCUT2D eigenvalue weighted by atomic mass is 16.6. The monoisotopic (exact) mass is 1140 g/mol. The molecule has 0 aliphatic heterocycles. The van der Waals surface area contributed by atoms with Gasteiger partial charge in [-0.3, -0.25) is 14.4 Å². The van der Waals surface area contributed by atoms with Crippen molar-refractivity contribution in [2.75, 3.05) is 13.2 Å². The van der Waals surface area contributed by atoms with Gasteiger partial charge in [0.2, 0.25) is 0 Å². The van der Waals surface area contributed by atoms with E-state index in [0.29, 0.717) is 19.3 Å². The van der Waals surface area contributed by atoms with Crippen LogP contribution in [0.25, 0.3) is 0 Å². The zero-order chi connectivity index (χ0) is 59.2. The number of carbonyl (C=O) groups is 3. The van der Waals surface area contributed by atoms with Crippen molar-refractivity contribution in [3.63, 3.8) is 0 Å². The van der Waals surface area contributed by atoms with E-state index in [1.165, 1.54) is 193 Å². The molecule has 0 N–H and O–H groups in total. The first-order valence-electron chi connectivity index (χ1n) is 35.2. The Kier molecular flexibility index (Phi) is 66.7. The van der Waals surface area contributed by atoms with Crippen LogP contribution in [0.3, 0.4) is 0 Å². The van der Waals surface area contributed by atoms with Gasteiger partial charge in [0.25, 0.3) is 0 Å². The molecule has 0 aromatic rings. The minimum atomic E-state index is -0.784. The summed E-state index contributed by atoms with van der Waals surface area (Å²) < 4.78 is 17.0. The van der Waals surface area contributed by atoms with E-state index >= 15 is 0 Å². The zero-order valence-corrected chi connectivity index (χ0v) is 54.2. The molecular weight excluding hydrogens is 1010 g/mol. The summed E-state index contributed by atoms with van der Waals surface area (Å²) in [4.78, 5) is 38.4. The second kappa shape index (κ2) is 69.8. The maximum absolute atomic E-state index is 12.9. The zero-order valence-electron chi connectivity index (χ0n) is 54.2. The van der Waals surface area contributed by atoms with Gasteiger partial charge in [0.15, 0.2) is 6.10 Å². The van der Waals surface area contributed by atoms with Crippen LogP contribution in [0.4, 0.5) is 0 Å². The van der Waals surface area contributed by atoms with Crippen LogP contribution in [0.2, 0.25) is 0 Å². The third kappa shape index (κ3) is 67.1. The molecule has 0 saturated carbocycles. The number of esters is 3. The van der Waals surface area contributed by atoms with Crippen LogP contribution in [0.5, 0.6) is 0 Å². The fourth-order valence-electron chi connectivity index (χ4n) is 10.1. The SMILES string of the molecule is CC/C=C\C/C=C\C/C=C\C/C=C\C/C=C\CCCCCCCCCCCCCCCCCC(=O)OCC(COC(=O)CCCCCCCCCCCCCCCC)OC(=O)CCCCCCCC/C=C\C/C=C\C/C=C\CCCCC. The molecule has 472 valence electrons. The van der Waals surface area contributed by atoms with Gasteiger partial charge < -0.3 is 14.2 Å². The summed E-state index contributed by atoms with van der Waals surface area (Å²) in [5.74, 6) is -0.873. The van der Waals surface area contributed by atoms with Crippen molar-refractivity contribution >= 4 is 17.9 Å². The number of ether oxygens (including phenoxy) is 3. The van der Waals surface area contributed by atoms with Crippen LogP contribution in [0.15, 0.2) is 97.2 Å². The van der Waals surface area contributed by atoms with Crippen molar-refractivity contribution in [1.82, 2.24) is 0 Å². The molecule has 1 atom stereocenters. The molecule has 0 saturated heterocycles. The summed E-state index contributed by atoms with van der Waals surface area (Å²) in [6.45, 7) is 6.53. The minimum Gasteiger partial charge on any atom is -0.462 e. The van der Waals surface area contributed by atoms with E-state index < -0.39 is 6.10 Å². The molecule has 1 unspecified atom stereocenters. The van der Waals surface area contributed by atoms with Crippen LogP contribution < -0.4 is 0 Å². The second-order valence-corrected chi connectivity index (χ2v) is 23.4. The lowest BCUT2D eigenvalue weighted by molar-refractivity contribution is -0.167. The van der Waals surface area contributed by atoms with Gasteiger partial charge in [0, 0.05) is 19.3 Å². The smallest absolute Gasteiger partial charge is 0.306 e. The molecule has 6 heteroatoms. The quantitative estimate of drug-likeness (QED) is 0.0261. The number of carbonyl (C=O) groups excluding carboxylic acids is 3. The van der Waals surface area contributed by atoms with E-state index in [1.807, 2.05) is 0 Å². The van der Waals surface area contributed by atoms with Crippen molar-refractivity contribution in [2.45, 2.75) is 354 Å². The molecule has 0 amide bonds. The summed E-state index contributed by atoms with van der Waals surface area (Å²) >= 11 is 0. The van der Waals surface area contributed by atoms with Gasteiger partial charge in [-0.05, 0) is 103 Å². The molecule has 0 aliphatic rings. The predicted molar refractivity (Wildman–Crippen MR) is 357 cm³/mol. The van der Waals surface area contributed by atoms with Crippen LogP contribution in [-0.4, -0.2) is 37.2 Å². The molecule has 0 bridgehead atoms. The second-order valence-electron chi connectivity index (χ2n) is 23.4. The Balaban J connectivity index is 4.25. The van der Waals surface area contributed by atoms with E-state index in [0.717, 1.165) is 116 Å². The number of allylic oxidation sites excluding steroid dienone is 16. The average Bonchev–Trinajstić information content (AvgIpc) is 3.47. The standard InChI is InChI=1S/C76H132O6/c1-4-7-10-13-16-19-22-25-28-30-32-33-34-35-36-37-38-39-40-41-42-43-45-46-48-51-54-57-60-63-66-69-75(78)81-72-73(71-80-74(77)68-65-62-59-56-53-50-27-24-21-18-15-12-9-6-3)82-76(79)70-67-64-61-58-55-52-49-47-44-31-29-26-23-20-17-14-11-8-5-2/h7,10,16-17,19-20,25-26,28-29,32-33,35-36,44,47,73H,4-6,8-9,11-15,18,21-24,27,30-31,34,37-43,45-46,48-72H2,1-3H3/b10-7-,19-16-,20-17-,28-25-,29-26-,33-32-,36-35-,47-44-. The summed E-state index contributed by atoms with van der Waals surface area (Å²) in [7, 11) is 0. The summed E-state index contributed by atoms with van der Waals surface area (Å²) in [5, 5.41) is 0. The summed E-state index contributed by atoms with van der Waals surface area (Å²) in [5.41, 5.74) is 0. The van der Waals surface area contributed by atoms with Gasteiger partial charge in [0.1, 0.15) is 13.2 Å². The number of hydrogen-bond acceptors (Lipinski definition) is 6. The molecule has 0 spiro atoms. The van der Waals surface area contributed by atoms with Crippen molar-refractivity contribution in [1.29, 1.82) is 0 Å². The maximum atomic E-state index is 12.9. The highest BCUT2D eigenvalue weighted by Crippen LogP contribution is 2.17. The summed E-state index contributed by atoms with van der Waals surface area (Å²) in [6.07, 6.45) is 94.3. The van der Waals surface area contributed by atoms with Crippen LogP contribution in [0, 0.1) is 0 Å². The Morgan fingerprint density at radius 2 is 0.476 bits per heavy atom. The first kappa shape index (κ1) is 78.3. The Bertz CT molecular complexity index is 1590. The number of rotatable bonds is 64. The first-order chi connectivity index (χ1) is 40.5. The van der Waals surface area contributed by atoms with E-state index in [-0.39, 0.29) is 31.1 Å². The topological polar surface area (TPSA) is 78.9 Å². The lowest BCUT2D eigenvalue weighted by atomic mass is 10.0. The van der Waals surface area contributed by atoms with Crippen LogP contribution in [0.1, 0.15) is 348 Å². The summed E-state index contributed by atoms with van der Waals surface area (Å²) in [6, 6.07) is 0. The van der Waals surface area contributed by atoms with Gasteiger partial charge in [-0.15, -0.1) is 0 Å². The van der Waals surface area contributed by atoms with Crippen molar-refractivity contribution in [3.8, 4) is 0 Å². The Morgan fingerprint density at radius 1 is 0.256 bits per heavy atom. The average molecular weight is 1140 g/mol. The molecule has 0 aromatic carbocycles. The van der Waals surface area contributed by atoms with E-state index in [9.17, 15) is 14.4 Å². The molecule has 0 aliphatic carbocycles. The fourth-order valence-corrected chi connectivity index (χ4v) is 10.1. The third-order valence-electron chi connectivity index (χ3n) is 15.3. The van der Waals surface area contributed by atoms with E-state index in [1.54, 1.807) is 0 Å². The largest absolute Gasteiger partial charge is 0.462 e. The van der Waals surface area contributed by atoms with E-state index in [2.05, 4.69) is 118 Å². The van der Waals surface area contributed by atoms with E-state index in [4.69, 9.17) is 14.2 Å². The lowest BCUT2D eigenvalue weighted by Crippen LogP contribution is -2.30. The minimum absolute atomic E-state index is 0.0782. The molecule has 0 heterocycles. The van der Waals surface area contributed by atoms with Crippen molar-refractivity contribution in [2.24, 2.45) is 0 Å². The van der Waals surface area contributed by atoms with Gasteiger partial charge in [0.05, 0.1) is 0 Å². The Labute approximate surface area is 508 Å². The fraction of sp³-hybridized carbons (Fsp3) is 0.750. The molecule has 6 nitrogen and oxygen atoms in total. The molecule has 0 aromatic heterocycles. The molecule has 0 rings (SSSR count). The molecule has 82 heavy (non-hydrogen) atoms. The maximum Gasteiger partial charge on any atom is 0.306 e. The Hall–Kier alpha value is -3.67. The number of unbranched alkanes of at least 4 members (excludes halogenated alkanes) is 37. The predicted octanol–water partition coefficient (Wildman–Crippen LogP) is 24.4. The molecular formula is C76H132O6. The van der Waals surface area contributed by atoms with Gasteiger partial charge >= 0.3 is 17.9 Å². The van der Waals surface area contributed by atoms with Crippen molar-refractivity contribution in [3.05, 3.63) is 97.2 Å². The lowest BCUT2D eigenvalue weighted by Gasteiger charge is -2.18. The highest BCUT2D eigenvalue weighted by Gasteiger charge is 2.19. The number of hydrogen-bond donors (Lipinski definition) is 0.